The van der Waals surface area contributed by atoms with Crippen molar-refractivity contribution in [3.8, 4) is 10.6 Å². The Balaban J connectivity index is 1.61. The molecule has 0 saturated carbocycles. The lowest BCUT2D eigenvalue weighted by atomic mass is 10.1. The fourth-order valence-electron chi connectivity index (χ4n) is 2.48. The van der Waals surface area contributed by atoms with Crippen LogP contribution >= 0.6 is 11.3 Å². The van der Waals surface area contributed by atoms with Crippen LogP contribution in [-0.4, -0.2) is 21.7 Å². The molecule has 3 aromatic rings. The van der Waals surface area contributed by atoms with Gasteiger partial charge in [-0.25, -0.2) is 4.98 Å². The number of benzene rings is 1. The Labute approximate surface area is 156 Å². The Bertz CT molecular complexity index is 935. The molecule has 5 nitrogen and oxygen atoms in total. The van der Waals surface area contributed by atoms with Crippen LogP contribution < -0.4 is 5.32 Å². The maximum Gasteiger partial charge on any atom is 0.224 e. The summed E-state index contributed by atoms with van der Waals surface area (Å²) in [5.41, 5.74) is 4.12. The van der Waals surface area contributed by atoms with Gasteiger partial charge in [0.15, 0.2) is 5.78 Å². The number of nitrogens with one attached hydrogen (secondary N) is 1. The van der Waals surface area contributed by atoms with E-state index in [1.807, 2.05) is 30.5 Å². The molecule has 0 spiro atoms. The molecule has 0 radical (unpaired) electrons. The molecule has 0 atom stereocenters. The first kappa shape index (κ1) is 17.9. The zero-order chi connectivity index (χ0) is 18.5. The third-order valence-electron chi connectivity index (χ3n) is 4.01. The highest BCUT2D eigenvalue weighted by Gasteiger charge is 2.10. The molecule has 0 aliphatic rings. The van der Waals surface area contributed by atoms with Crippen molar-refractivity contribution in [1.82, 2.24) is 9.97 Å². The van der Waals surface area contributed by atoms with E-state index < -0.39 is 0 Å². The summed E-state index contributed by atoms with van der Waals surface area (Å²) in [6.07, 6.45) is 4.38. The maximum absolute atomic E-state index is 12.3. The molecule has 26 heavy (non-hydrogen) atoms. The minimum atomic E-state index is -0.0905. The second-order valence-electron chi connectivity index (χ2n) is 6.01. The number of Topliss-reactive ketones (excluding diaryl/α,β-unsaturated/α-hetero) is 1. The number of amides is 1. The molecule has 1 N–H and O–H groups in total. The van der Waals surface area contributed by atoms with Gasteiger partial charge in [-0.05, 0) is 44.0 Å². The number of nitrogens with zero attached hydrogens (tertiary/aromatic N) is 2. The molecular weight excluding hydrogens is 346 g/mol. The minimum absolute atomic E-state index is 0.0217. The Morgan fingerprint density at radius 1 is 1.15 bits per heavy atom. The summed E-state index contributed by atoms with van der Waals surface area (Å²) in [6.45, 7) is 3.42. The topological polar surface area (TPSA) is 72.0 Å². The predicted octanol–water partition coefficient (Wildman–Crippen LogP) is 4.29. The SMILES string of the molecule is CC(=O)c1ccc(C)c(NC(=O)CCc2csc(-c3ccncc3)n2)c1. The van der Waals surface area contributed by atoms with Gasteiger partial charge >= 0.3 is 0 Å². The molecule has 1 aromatic carbocycles. The van der Waals surface area contributed by atoms with Crippen molar-refractivity contribution in [2.75, 3.05) is 5.32 Å². The van der Waals surface area contributed by atoms with Crippen molar-refractivity contribution >= 4 is 28.7 Å². The van der Waals surface area contributed by atoms with Crippen LogP contribution in [0.25, 0.3) is 10.6 Å². The second-order valence-corrected chi connectivity index (χ2v) is 6.87. The van der Waals surface area contributed by atoms with E-state index in [1.165, 1.54) is 6.92 Å². The van der Waals surface area contributed by atoms with Crippen molar-refractivity contribution in [3.05, 3.63) is 64.9 Å². The first-order chi connectivity index (χ1) is 12.5. The van der Waals surface area contributed by atoms with Crippen LogP contribution in [0.15, 0.2) is 48.1 Å². The molecule has 0 aliphatic heterocycles. The molecule has 3 rings (SSSR count). The number of carbonyl (C=O) groups excluding carboxylic acids is 2. The van der Waals surface area contributed by atoms with E-state index in [4.69, 9.17) is 0 Å². The van der Waals surface area contributed by atoms with Crippen molar-refractivity contribution in [1.29, 1.82) is 0 Å². The lowest BCUT2D eigenvalue weighted by Crippen LogP contribution is -2.13. The standard InChI is InChI=1S/C20H19N3O2S/c1-13-3-4-16(14(2)24)11-18(13)23-19(25)6-5-17-12-26-20(22-17)15-7-9-21-10-8-15/h3-4,7-12H,5-6H2,1-2H3,(H,23,25). The van der Waals surface area contributed by atoms with Gasteiger partial charge in [0.1, 0.15) is 5.01 Å². The molecule has 1 amide bonds. The summed E-state index contributed by atoms with van der Waals surface area (Å²) in [5.74, 6) is -0.112. The fraction of sp³-hybridized carbons (Fsp3) is 0.200. The Morgan fingerprint density at radius 3 is 2.65 bits per heavy atom. The van der Waals surface area contributed by atoms with E-state index in [1.54, 1.807) is 35.9 Å². The number of pyridine rings is 1. The van der Waals surface area contributed by atoms with Crippen molar-refractivity contribution in [3.63, 3.8) is 0 Å². The highest BCUT2D eigenvalue weighted by atomic mass is 32.1. The van der Waals surface area contributed by atoms with Gasteiger partial charge in [-0.1, -0.05) is 12.1 Å². The number of hydrogen-bond donors (Lipinski definition) is 1. The molecule has 2 heterocycles. The molecule has 2 aromatic heterocycles. The molecule has 0 saturated heterocycles. The first-order valence-electron chi connectivity index (χ1n) is 8.29. The van der Waals surface area contributed by atoms with Crippen LogP contribution in [-0.2, 0) is 11.2 Å². The summed E-state index contributed by atoms with van der Waals surface area (Å²) in [7, 11) is 0. The van der Waals surface area contributed by atoms with E-state index >= 15 is 0 Å². The summed E-state index contributed by atoms with van der Waals surface area (Å²) in [4.78, 5) is 32.4. The normalized spacial score (nSPS) is 10.5. The first-order valence-corrected chi connectivity index (χ1v) is 9.17. The lowest BCUT2D eigenvalue weighted by molar-refractivity contribution is -0.116. The van der Waals surface area contributed by atoms with Crippen LogP contribution in [0.4, 0.5) is 5.69 Å². The number of hydrogen-bond acceptors (Lipinski definition) is 5. The maximum atomic E-state index is 12.3. The Morgan fingerprint density at radius 2 is 1.92 bits per heavy atom. The zero-order valence-corrected chi connectivity index (χ0v) is 15.5. The molecule has 0 fully saturated rings. The van der Waals surface area contributed by atoms with Crippen LogP contribution in [0.5, 0.6) is 0 Å². The number of aromatic nitrogens is 2. The number of rotatable bonds is 6. The van der Waals surface area contributed by atoms with Gasteiger partial charge in [0.05, 0.1) is 5.69 Å². The monoisotopic (exact) mass is 365 g/mol. The quantitative estimate of drug-likeness (QED) is 0.662. The molecule has 0 bridgehead atoms. The molecule has 6 heteroatoms. The van der Waals surface area contributed by atoms with Crippen molar-refractivity contribution < 1.29 is 9.59 Å². The number of anilines is 1. The third-order valence-corrected chi connectivity index (χ3v) is 4.95. The van der Waals surface area contributed by atoms with Crippen LogP contribution in [0.3, 0.4) is 0 Å². The van der Waals surface area contributed by atoms with E-state index in [0.29, 0.717) is 24.1 Å². The van der Waals surface area contributed by atoms with Crippen molar-refractivity contribution in [2.24, 2.45) is 0 Å². The Hall–Kier alpha value is -2.86. The average molecular weight is 365 g/mol. The zero-order valence-electron chi connectivity index (χ0n) is 14.7. The molecular formula is C20H19N3O2S. The van der Waals surface area contributed by atoms with Crippen LogP contribution in [0, 0.1) is 6.92 Å². The van der Waals surface area contributed by atoms with Gasteiger partial charge in [-0.3, -0.25) is 14.6 Å². The molecule has 0 unspecified atom stereocenters. The highest BCUT2D eigenvalue weighted by molar-refractivity contribution is 7.13. The van der Waals surface area contributed by atoms with Gasteiger partial charge in [0.2, 0.25) is 5.91 Å². The molecule has 132 valence electrons. The third kappa shape index (κ3) is 4.40. The summed E-state index contributed by atoms with van der Waals surface area (Å²) < 4.78 is 0. The van der Waals surface area contributed by atoms with Gasteiger partial charge in [0.25, 0.3) is 0 Å². The van der Waals surface area contributed by atoms with Crippen LogP contribution in [0.1, 0.15) is 35.0 Å². The predicted molar refractivity (Wildman–Crippen MR) is 103 cm³/mol. The fourth-order valence-corrected chi connectivity index (χ4v) is 3.34. The van der Waals surface area contributed by atoms with Crippen molar-refractivity contribution in [2.45, 2.75) is 26.7 Å². The summed E-state index contributed by atoms with van der Waals surface area (Å²) >= 11 is 1.56. The van der Waals surface area contributed by atoms with Gasteiger partial charge in [-0.2, -0.15) is 0 Å². The van der Waals surface area contributed by atoms with E-state index in [2.05, 4.69) is 15.3 Å². The van der Waals surface area contributed by atoms with Gasteiger partial charge < -0.3 is 5.32 Å². The number of aryl methyl sites for hydroxylation is 2. The lowest BCUT2D eigenvalue weighted by Gasteiger charge is -2.09. The number of ketones is 1. The number of thiazole rings is 1. The number of carbonyl (C=O) groups is 2. The van der Waals surface area contributed by atoms with E-state index in [9.17, 15) is 9.59 Å². The van der Waals surface area contributed by atoms with Crippen LogP contribution in [0.2, 0.25) is 0 Å². The average Bonchev–Trinajstić information content (AvgIpc) is 3.11. The van der Waals surface area contributed by atoms with E-state index in [0.717, 1.165) is 21.8 Å². The van der Waals surface area contributed by atoms with Gasteiger partial charge in [0, 0.05) is 41.0 Å². The minimum Gasteiger partial charge on any atom is -0.326 e. The second kappa shape index (κ2) is 8.01. The summed E-state index contributed by atoms with van der Waals surface area (Å²) in [6, 6.07) is 9.16. The smallest absolute Gasteiger partial charge is 0.224 e. The van der Waals surface area contributed by atoms with E-state index in [-0.39, 0.29) is 11.7 Å². The Kier molecular flexibility index (Phi) is 5.53. The highest BCUT2D eigenvalue weighted by Crippen LogP contribution is 2.23. The summed E-state index contributed by atoms with van der Waals surface area (Å²) in [5, 5.41) is 5.79. The largest absolute Gasteiger partial charge is 0.326 e. The molecule has 0 aliphatic carbocycles. The van der Waals surface area contributed by atoms with Gasteiger partial charge in [-0.15, -0.1) is 11.3 Å².